The Hall–Kier alpha value is -1.75. The number of anilines is 1. The average Bonchev–Trinajstić information content (AvgIpc) is 3.18. The number of carbonyl (C=O) groups is 1. The minimum absolute atomic E-state index is 0.151. The van der Waals surface area contributed by atoms with Crippen LogP contribution >= 0.6 is 0 Å². The summed E-state index contributed by atoms with van der Waals surface area (Å²) in [7, 11) is 4.09. The number of benzene rings is 1. The molecule has 5 nitrogen and oxygen atoms in total. The van der Waals surface area contributed by atoms with Crippen LogP contribution in [0.25, 0.3) is 0 Å². The first-order valence-corrected chi connectivity index (χ1v) is 13.5. The first-order valence-electron chi connectivity index (χ1n) is 13.5. The highest BCUT2D eigenvalue weighted by Crippen LogP contribution is 2.44. The maximum absolute atomic E-state index is 12.4. The number of piperazine rings is 1. The summed E-state index contributed by atoms with van der Waals surface area (Å²) in [6, 6.07) is 7.11. The molecule has 1 aliphatic heterocycles. The van der Waals surface area contributed by atoms with Gasteiger partial charge in [0, 0.05) is 45.5 Å². The summed E-state index contributed by atoms with van der Waals surface area (Å²) in [6.07, 6.45) is 8.38. The van der Waals surface area contributed by atoms with Crippen LogP contribution in [0.2, 0.25) is 0 Å². The first kappa shape index (κ1) is 25.9. The lowest BCUT2D eigenvalue weighted by Crippen LogP contribution is -2.44. The summed E-state index contributed by atoms with van der Waals surface area (Å²) < 4.78 is 5.62. The van der Waals surface area contributed by atoms with Crippen LogP contribution in [0, 0.1) is 5.92 Å². The lowest BCUT2D eigenvalue weighted by molar-refractivity contribution is 0.0864. The molecule has 0 radical (unpaired) electrons. The summed E-state index contributed by atoms with van der Waals surface area (Å²) in [5.74, 6) is 1.71. The summed E-state index contributed by atoms with van der Waals surface area (Å²) in [6.45, 7) is 12.2. The van der Waals surface area contributed by atoms with Crippen LogP contribution in [0.15, 0.2) is 18.2 Å². The Morgan fingerprint density at radius 3 is 2.45 bits per heavy atom. The fourth-order valence-corrected chi connectivity index (χ4v) is 5.67. The molecular weight excluding hydrogens is 410 g/mol. The predicted octanol–water partition coefficient (Wildman–Crippen LogP) is 6.09. The summed E-state index contributed by atoms with van der Waals surface area (Å²) in [4.78, 5) is 19.1. The van der Waals surface area contributed by atoms with Gasteiger partial charge in [-0.15, -0.1) is 0 Å². The van der Waals surface area contributed by atoms with Crippen LogP contribution in [0.3, 0.4) is 0 Å². The Labute approximate surface area is 202 Å². The molecule has 1 aromatic carbocycles. The molecule has 5 heteroatoms. The Morgan fingerprint density at radius 2 is 1.76 bits per heavy atom. The van der Waals surface area contributed by atoms with Crippen LogP contribution in [-0.4, -0.2) is 69.3 Å². The Kier molecular flexibility index (Phi) is 9.91. The topological polar surface area (TPSA) is 36.0 Å². The van der Waals surface area contributed by atoms with Gasteiger partial charge in [0.05, 0.1) is 6.61 Å². The van der Waals surface area contributed by atoms with Gasteiger partial charge in [0.15, 0.2) is 0 Å². The molecule has 33 heavy (non-hydrogen) atoms. The van der Waals surface area contributed by atoms with Crippen molar-refractivity contribution < 1.29 is 9.53 Å². The third-order valence-electron chi connectivity index (χ3n) is 7.84. The van der Waals surface area contributed by atoms with Crippen molar-refractivity contribution in [3.63, 3.8) is 0 Å². The van der Waals surface area contributed by atoms with Gasteiger partial charge in [-0.2, -0.15) is 0 Å². The van der Waals surface area contributed by atoms with Crippen molar-refractivity contribution in [2.75, 3.05) is 58.3 Å². The number of nitrogens with zero attached hydrogens (tertiary/aromatic N) is 3. The number of rotatable bonds is 6. The zero-order valence-corrected chi connectivity index (χ0v) is 21.8. The molecule has 1 amide bonds. The lowest BCUT2D eigenvalue weighted by Gasteiger charge is -2.34. The molecule has 2 fully saturated rings. The van der Waals surface area contributed by atoms with Crippen molar-refractivity contribution >= 4 is 11.8 Å². The number of hydrogen-bond donors (Lipinski definition) is 0. The number of likely N-dealkylation sites (N-methyl/N-ethyl adjacent to an activating group) is 1. The highest BCUT2D eigenvalue weighted by atomic mass is 16.6. The molecule has 0 spiro atoms. The van der Waals surface area contributed by atoms with Crippen LogP contribution in [-0.2, 0) is 4.74 Å². The van der Waals surface area contributed by atoms with Gasteiger partial charge in [-0.3, -0.25) is 0 Å². The highest BCUT2D eigenvalue weighted by molar-refractivity contribution is 5.67. The third kappa shape index (κ3) is 6.88. The fourth-order valence-electron chi connectivity index (χ4n) is 5.67. The summed E-state index contributed by atoms with van der Waals surface area (Å²) in [5.41, 5.74) is 4.39. The van der Waals surface area contributed by atoms with E-state index in [0.29, 0.717) is 24.4 Å². The molecular formula is C28H47N3O2. The number of carbonyl (C=O) groups excluding carboxylic acids is 1. The van der Waals surface area contributed by atoms with Gasteiger partial charge in [-0.05, 0) is 73.7 Å². The summed E-state index contributed by atoms with van der Waals surface area (Å²) in [5, 5.41) is 0. The van der Waals surface area contributed by atoms with Gasteiger partial charge < -0.3 is 19.4 Å². The van der Waals surface area contributed by atoms with E-state index in [1.165, 1.54) is 55.3 Å². The normalized spacial score (nSPS) is 23.5. The zero-order chi connectivity index (χ0) is 23.8. The minimum Gasteiger partial charge on any atom is -0.449 e. The maximum atomic E-state index is 12.4. The van der Waals surface area contributed by atoms with E-state index < -0.39 is 0 Å². The van der Waals surface area contributed by atoms with Gasteiger partial charge >= 0.3 is 6.09 Å². The highest BCUT2D eigenvalue weighted by Gasteiger charge is 2.29. The molecule has 2 aliphatic carbocycles. The van der Waals surface area contributed by atoms with Crippen molar-refractivity contribution in [2.45, 2.75) is 77.6 Å². The minimum atomic E-state index is -0.151. The van der Waals surface area contributed by atoms with E-state index in [9.17, 15) is 4.79 Å². The summed E-state index contributed by atoms with van der Waals surface area (Å²) >= 11 is 0. The second kappa shape index (κ2) is 12.6. The molecule has 0 unspecified atom stereocenters. The average molecular weight is 458 g/mol. The largest absolute Gasteiger partial charge is 0.449 e. The van der Waals surface area contributed by atoms with E-state index in [1.54, 1.807) is 4.90 Å². The van der Waals surface area contributed by atoms with E-state index in [1.807, 2.05) is 20.9 Å². The van der Waals surface area contributed by atoms with Crippen LogP contribution in [0.4, 0.5) is 10.5 Å². The van der Waals surface area contributed by atoms with Crippen LogP contribution < -0.4 is 4.90 Å². The zero-order valence-electron chi connectivity index (χ0n) is 21.8. The molecule has 0 N–H and O–H groups in total. The van der Waals surface area contributed by atoms with Gasteiger partial charge in [-0.25, -0.2) is 4.79 Å². The van der Waals surface area contributed by atoms with Crippen molar-refractivity contribution in [3.8, 4) is 0 Å². The number of hydrogen-bond acceptors (Lipinski definition) is 4. The molecule has 0 bridgehead atoms. The molecule has 3 aliphatic rings. The van der Waals surface area contributed by atoms with E-state index in [4.69, 9.17) is 4.74 Å². The van der Waals surface area contributed by atoms with Crippen LogP contribution in [0.5, 0.6) is 0 Å². The SMILES string of the molecule is CC.C[C@@H]1C[C@@H](CCN(C)C(=O)OCC2CCCCC2)c2ccc(N3CCN(C)CC3)cc21. The first-order chi connectivity index (χ1) is 16.0. The van der Waals surface area contributed by atoms with Gasteiger partial charge in [-0.1, -0.05) is 46.1 Å². The molecule has 0 aromatic heterocycles. The van der Waals surface area contributed by atoms with E-state index >= 15 is 0 Å². The number of fused-ring (bicyclic) bond motifs is 1. The molecule has 1 heterocycles. The van der Waals surface area contributed by atoms with Crippen molar-refractivity contribution in [2.24, 2.45) is 5.92 Å². The number of ether oxygens (including phenoxy) is 1. The van der Waals surface area contributed by atoms with Crippen molar-refractivity contribution in [1.82, 2.24) is 9.80 Å². The maximum Gasteiger partial charge on any atom is 0.409 e. The molecule has 186 valence electrons. The van der Waals surface area contributed by atoms with Gasteiger partial charge in [0.2, 0.25) is 0 Å². The van der Waals surface area contributed by atoms with Crippen molar-refractivity contribution in [1.29, 1.82) is 0 Å². The van der Waals surface area contributed by atoms with E-state index in [-0.39, 0.29) is 6.09 Å². The molecule has 1 aromatic rings. The standard InChI is InChI=1S/C26H41N3O2.C2H6/c1-20-17-22(11-12-28(3)26(30)31-19-21-7-5-4-6-8-21)24-10-9-23(18-25(20)24)29-15-13-27(2)14-16-29;1-2/h9-10,18,20-22H,4-8,11-17,19H2,1-3H3;1-2H3/t20-,22-;/m1./s1. The third-order valence-corrected chi connectivity index (χ3v) is 7.84. The smallest absolute Gasteiger partial charge is 0.409 e. The van der Waals surface area contributed by atoms with Crippen molar-refractivity contribution in [3.05, 3.63) is 29.3 Å². The van der Waals surface area contributed by atoms with Crippen LogP contribution in [0.1, 0.15) is 88.7 Å². The lowest BCUT2D eigenvalue weighted by atomic mass is 9.90. The molecule has 4 rings (SSSR count). The quantitative estimate of drug-likeness (QED) is 0.517. The van der Waals surface area contributed by atoms with Gasteiger partial charge in [0.1, 0.15) is 0 Å². The predicted molar refractivity (Wildman–Crippen MR) is 138 cm³/mol. The Bertz CT molecular complexity index is 739. The Morgan fingerprint density at radius 1 is 1.06 bits per heavy atom. The van der Waals surface area contributed by atoms with E-state index in [0.717, 1.165) is 39.1 Å². The molecule has 1 saturated heterocycles. The monoisotopic (exact) mass is 457 g/mol. The Balaban J connectivity index is 0.00000149. The molecule has 2 atom stereocenters. The second-order valence-electron chi connectivity index (χ2n) is 10.2. The second-order valence-corrected chi connectivity index (χ2v) is 10.2. The number of amides is 1. The fraction of sp³-hybridized carbons (Fsp3) is 0.750. The van der Waals surface area contributed by atoms with E-state index in [2.05, 4.69) is 42.0 Å². The van der Waals surface area contributed by atoms with Gasteiger partial charge in [0.25, 0.3) is 0 Å². The molecule has 1 saturated carbocycles.